The molecule has 0 amide bonds. The molecule has 0 saturated carbocycles. The van der Waals surface area contributed by atoms with E-state index >= 15 is 0 Å². The molecule has 6 heteroatoms. The van der Waals surface area contributed by atoms with Crippen molar-refractivity contribution in [2.24, 2.45) is 0 Å². The van der Waals surface area contributed by atoms with Gasteiger partial charge in [-0.2, -0.15) is 10.2 Å². The molecule has 20 heavy (non-hydrogen) atoms. The van der Waals surface area contributed by atoms with Gasteiger partial charge in [-0.1, -0.05) is 35.0 Å². The summed E-state index contributed by atoms with van der Waals surface area (Å²) in [7, 11) is 0. The van der Waals surface area contributed by atoms with Crippen LogP contribution in [0, 0.1) is 18.3 Å². The van der Waals surface area contributed by atoms with Gasteiger partial charge in [-0.25, -0.2) is 0 Å². The van der Waals surface area contributed by atoms with Crippen LogP contribution in [0.15, 0.2) is 33.0 Å². The first-order chi connectivity index (χ1) is 9.69. The predicted octanol–water partition coefficient (Wildman–Crippen LogP) is 3.96. The van der Waals surface area contributed by atoms with Gasteiger partial charge in [0.25, 0.3) is 5.89 Å². The van der Waals surface area contributed by atoms with E-state index in [-0.39, 0.29) is 5.89 Å². The van der Waals surface area contributed by atoms with Crippen molar-refractivity contribution in [2.75, 3.05) is 12.5 Å². The quantitative estimate of drug-likeness (QED) is 0.797. The van der Waals surface area contributed by atoms with Gasteiger partial charge in [-0.3, -0.25) is 0 Å². The van der Waals surface area contributed by atoms with Crippen LogP contribution in [-0.4, -0.2) is 22.7 Å². The van der Waals surface area contributed by atoms with Crippen LogP contribution >= 0.6 is 23.5 Å². The van der Waals surface area contributed by atoms with E-state index in [1.807, 2.05) is 43.7 Å². The first-order valence-electron chi connectivity index (χ1n) is 5.83. The van der Waals surface area contributed by atoms with E-state index in [1.54, 1.807) is 0 Å². The van der Waals surface area contributed by atoms with E-state index in [2.05, 4.69) is 16.2 Å². The van der Waals surface area contributed by atoms with Crippen LogP contribution in [0.3, 0.4) is 0 Å². The maximum atomic E-state index is 9.27. The summed E-state index contributed by atoms with van der Waals surface area (Å²) in [5.74, 6) is 0.760. The standard InChI is InChI=1S/C14H13N3OS2/c1-9-4-6-10(7-5-9)12-16-13(18-17-12)11(8-15)14(19-2)20-3/h4-7H,1-3H3. The lowest BCUT2D eigenvalue weighted by atomic mass is 10.1. The molecule has 4 nitrogen and oxygen atoms in total. The third-order valence-corrected chi connectivity index (χ3v) is 4.79. The number of nitrogens with zero attached hydrogens (tertiary/aromatic N) is 3. The molecule has 0 bridgehead atoms. The lowest BCUT2D eigenvalue weighted by Crippen LogP contribution is -1.86. The number of allylic oxidation sites excluding steroid dienone is 1. The van der Waals surface area contributed by atoms with Crippen molar-refractivity contribution < 1.29 is 4.52 Å². The van der Waals surface area contributed by atoms with E-state index in [9.17, 15) is 5.26 Å². The molecule has 0 atom stereocenters. The molecule has 1 heterocycles. The minimum Gasteiger partial charge on any atom is -0.333 e. The van der Waals surface area contributed by atoms with Crippen molar-refractivity contribution in [3.05, 3.63) is 40.0 Å². The smallest absolute Gasteiger partial charge is 0.270 e. The number of hydrogen-bond donors (Lipinski definition) is 0. The summed E-state index contributed by atoms with van der Waals surface area (Å²) in [5.41, 5.74) is 2.47. The SMILES string of the molecule is CSC(SC)=C(C#N)c1nc(-c2ccc(C)cc2)no1. The van der Waals surface area contributed by atoms with Crippen LogP contribution < -0.4 is 0 Å². The first-order valence-corrected chi connectivity index (χ1v) is 8.28. The molecule has 1 aromatic heterocycles. The molecule has 0 aliphatic heterocycles. The Hall–Kier alpha value is -1.71. The van der Waals surface area contributed by atoms with Gasteiger partial charge in [0.1, 0.15) is 11.6 Å². The molecule has 1 aromatic carbocycles. The summed E-state index contributed by atoms with van der Waals surface area (Å²) in [5, 5.41) is 13.2. The lowest BCUT2D eigenvalue weighted by Gasteiger charge is -1.99. The molecule has 0 aliphatic rings. The molecule has 102 valence electrons. The lowest BCUT2D eigenvalue weighted by molar-refractivity contribution is 0.409. The summed E-state index contributed by atoms with van der Waals surface area (Å²) in [4.78, 5) is 4.31. The highest BCUT2D eigenvalue weighted by molar-refractivity contribution is 8.21. The van der Waals surface area contributed by atoms with Crippen LogP contribution in [0.5, 0.6) is 0 Å². The van der Waals surface area contributed by atoms with Crippen molar-refractivity contribution in [3.63, 3.8) is 0 Å². The highest BCUT2D eigenvalue weighted by atomic mass is 32.2. The van der Waals surface area contributed by atoms with E-state index in [0.717, 1.165) is 9.80 Å². The van der Waals surface area contributed by atoms with E-state index in [0.29, 0.717) is 11.4 Å². The molecular weight excluding hydrogens is 290 g/mol. The number of thioether (sulfide) groups is 2. The summed E-state index contributed by atoms with van der Waals surface area (Å²) in [6, 6.07) is 9.98. The Labute approximate surface area is 126 Å². The highest BCUT2D eigenvalue weighted by Crippen LogP contribution is 2.32. The average Bonchev–Trinajstić information content (AvgIpc) is 2.94. The number of hydrogen-bond acceptors (Lipinski definition) is 6. The summed E-state index contributed by atoms with van der Waals surface area (Å²) < 4.78 is 6.09. The number of aromatic nitrogens is 2. The molecule has 0 aliphatic carbocycles. The zero-order valence-electron chi connectivity index (χ0n) is 11.4. The molecular formula is C14H13N3OS2. The zero-order valence-corrected chi connectivity index (χ0v) is 13.0. The number of rotatable bonds is 4. The van der Waals surface area contributed by atoms with Crippen LogP contribution in [0.25, 0.3) is 17.0 Å². The van der Waals surface area contributed by atoms with Gasteiger partial charge in [-0.15, -0.1) is 23.5 Å². The second kappa shape index (κ2) is 6.64. The zero-order chi connectivity index (χ0) is 14.5. The minimum absolute atomic E-state index is 0.266. The van der Waals surface area contributed by atoms with Crippen LogP contribution in [0.2, 0.25) is 0 Å². The fourth-order valence-electron chi connectivity index (χ4n) is 1.61. The monoisotopic (exact) mass is 303 g/mol. The number of aryl methyl sites for hydroxylation is 1. The molecule has 0 spiro atoms. The normalized spacial score (nSPS) is 10.1. The Morgan fingerprint density at radius 3 is 2.40 bits per heavy atom. The molecule has 0 unspecified atom stereocenters. The van der Waals surface area contributed by atoms with Gasteiger partial charge in [0, 0.05) is 5.56 Å². The van der Waals surface area contributed by atoms with E-state index < -0.39 is 0 Å². The third-order valence-electron chi connectivity index (χ3n) is 2.64. The largest absolute Gasteiger partial charge is 0.333 e. The first kappa shape index (κ1) is 14.7. The fraction of sp³-hybridized carbons (Fsp3) is 0.214. The Morgan fingerprint density at radius 1 is 1.20 bits per heavy atom. The minimum atomic E-state index is 0.266. The Bertz CT molecular complexity index is 662. The van der Waals surface area contributed by atoms with E-state index in [4.69, 9.17) is 4.52 Å². The second-order valence-electron chi connectivity index (χ2n) is 3.97. The highest BCUT2D eigenvalue weighted by Gasteiger charge is 2.16. The molecule has 2 rings (SSSR count). The van der Waals surface area contributed by atoms with Gasteiger partial charge in [0.05, 0.1) is 4.24 Å². The van der Waals surface area contributed by atoms with Gasteiger partial charge in [0.2, 0.25) is 5.82 Å². The van der Waals surface area contributed by atoms with Gasteiger partial charge < -0.3 is 4.52 Å². The Kier molecular flexibility index (Phi) is 4.88. The van der Waals surface area contributed by atoms with Gasteiger partial charge in [-0.05, 0) is 19.4 Å². The average molecular weight is 303 g/mol. The Morgan fingerprint density at radius 2 is 1.85 bits per heavy atom. The predicted molar refractivity (Wildman–Crippen MR) is 84.0 cm³/mol. The molecule has 0 fully saturated rings. The topological polar surface area (TPSA) is 62.7 Å². The fourth-order valence-corrected chi connectivity index (χ4v) is 2.95. The summed E-state index contributed by atoms with van der Waals surface area (Å²) in [6.45, 7) is 2.02. The van der Waals surface area contributed by atoms with E-state index in [1.165, 1.54) is 29.1 Å². The number of nitriles is 1. The Balaban J connectivity index is 2.40. The van der Waals surface area contributed by atoms with Crippen molar-refractivity contribution in [2.45, 2.75) is 6.92 Å². The van der Waals surface area contributed by atoms with Crippen molar-refractivity contribution in [1.29, 1.82) is 5.26 Å². The van der Waals surface area contributed by atoms with Gasteiger partial charge in [0.15, 0.2) is 0 Å². The molecule has 0 saturated heterocycles. The van der Waals surface area contributed by atoms with Crippen molar-refractivity contribution >= 4 is 29.1 Å². The van der Waals surface area contributed by atoms with Gasteiger partial charge >= 0.3 is 0 Å². The molecule has 0 radical (unpaired) electrons. The number of benzene rings is 1. The van der Waals surface area contributed by atoms with Crippen LogP contribution in [0.1, 0.15) is 11.5 Å². The van der Waals surface area contributed by atoms with Crippen molar-refractivity contribution in [3.8, 4) is 17.5 Å². The maximum absolute atomic E-state index is 9.27. The van der Waals surface area contributed by atoms with Crippen molar-refractivity contribution in [1.82, 2.24) is 10.1 Å². The second-order valence-corrected chi connectivity index (χ2v) is 5.86. The molecule has 2 aromatic rings. The summed E-state index contributed by atoms with van der Waals surface area (Å²) >= 11 is 2.99. The third kappa shape index (κ3) is 3.06. The molecule has 0 N–H and O–H groups in total. The van der Waals surface area contributed by atoms with Crippen LogP contribution in [-0.2, 0) is 0 Å². The summed E-state index contributed by atoms with van der Waals surface area (Å²) in [6.07, 6.45) is 3.83. The maximum Gasteiger partial charge on any atom is 0.270 e. The van der Waals surface area contributed by atoms with Crippen LogP contribution in [0.4, 0.5) is 0 Å².